The van der Waals surface area contributed by atoms with Crippen LogP contribution in [0.1, 0.15) is 142 Å². The number of benzene rings is 2. The summed E-state index contributed by atoms with van der Waals surface area (Å²) in [6.45, 7) is 28.3. The number of nitrogens with zero attached hydrogens (tertiary/aromatic N) is 4. The molecule has 0 radical (unpaired) electrons. The number of nitrogens with one attached hydrogen (secondary N) is 6. The van der Waals surface area contributed by atoms with Crippen LogP contribution in [0.25, 0.3) is 33.7 Å². The van der Waals surface area contributed by atoms with E-state index >= 15 is 0 Å². The Hall–Kier alpha value is -7.23. The quantitative estimate of drug-likeness (QED) is 0.0804. The summed E-state index contributed by atoms with van der Waals surface area (Å²) in [6, 6.07) is 10.1. The zero-order valence-corrected chi connectivity index (χ0v) is 55.5. The molecule has 6 N–H and O–H groups in total. The third-order valence-electron chi connectivity index (χ3n) is 17.3. The van der Waals surface area contributed by atoms with E-state index in [0.717, 1.165) is 32.7 Å². The highest BCUT2D eigenvalue weighted by atomic mass is 28.4. The molecule has 22 nitrogen and oxygen atoms in total. The normalized spacial score (nSPS) is 25.3. The minimum Gasteiger partial charge on any atom is -0.457 e. The Balaban J connectivity index is 0.000000251. The molecule has 0 spiro atoms. The van der Waals surface area contributed by atoms with Gasteiger partial charge in [0.25, 0.3) is 11.8 Å². The molecule has 8 rings (SSSR count). The van der Waals surface area contributed by atoms with Crippen molar-refractivity contribution in [1.82, 2.24) is 52.1 Å². The number of hydrazine groups is 2. The van der Waals surface area contributed by atoms with Crippen molar-refractivity contribution < 1.29 is 56.7 Å². The van der Waals surface area contributed by atoms with Gasteiger partial charge in [-0.05, 0) is 148 Å². The van der Waals surface area contributed by atoms with Gasteiger partial charge in [-0.15, -0.1) is 0 Å². The Bertz CT molecular complexity index is 3090. The number of carbonyl (C=O) groups is 8. The molecule has 10 bridgehead atoms. The van der Waals surface area contributed by atoms with Gasteiger partial charge in [-0.1, -0.05) is 78.0 Å². The van der Waals surface area contributed by atoms with Crippen LogP contribution in [0, 0.1) is 0 Å². The fourth-order valence-corrected chi connectivity index (χ4v) is 11.6. The molecule has 0 saturated carbocycles. The molecular weight excluding hydrogens is 1160 g/mol. The van der Waals surface area contributed by atoms with Crippen LogP contribution in [0.15, 0.2) is 73.1 Å². The van der Waals surface area contributed by atoms with E-state index < -0.39 is 101 Å². The highest BCUT2D eigenvalue weighted by Gasteiger charge is 2.41. The van der Waals surface area contributed by atoms with Gasteiger partial charge < -0.3 is 39.6 Å². The predicted octanol–water partition coefficient (Wildman–Crippen LogP) is 7.53. The third-order valence-corrected chi connectivity index (χ3v) is 26.3. The van der Waals surface area contributed by atoms with Gasteiger partial charge in [0.1, 0.15) is 48.5 Å². The molecule has 0 aliphatic carbocycles. The average Bonchev–Trinajstić information content (AvgIpc) is 3.60. The molecule has 4 aliphatic heterocycles. The van der Waals surface area contributed by atoms with Crippen molar-refractivity contribution in [3.63, 3.8) is 0 Å². The van der Waals surface area contributed by atoms with E-state index in [1.54, 1.807) is 50.5 Å². The molecule has 2 aromatic carbocycles. The molecule has 2 aromatic heterocycles. The summed E-state index contributed by atoms with van der Waals surface area (Å²) in [6.07, 6.45) is 11.6. The van der Waals surface area contributed by atoms with Gasteiger partial charge in [0.15, 0.2) is 16.6 Å². The second-order valence-electron chi connectivity index (χ2n) is 26.3. The third kappa shape index (κ3) is 18.0. The van der Waals surface area contributed by atoms with Crippen molar-refractivity contribution in [3.8, 4) is 0 Å². The lowest BCUT2D eigenvalue weighted by atomic mass is 10.0. The van der Waals surface area contributed by atoms with Crippen LogP contribution < -0.4 is 32.1 Å². The number of pyridine rings is 2. The van der Waals surface area contributed by atoms with E-state index in [4.69, 9.17) is 18.3 Å². The molecule has 2 saturated heterocycles. The van der Waals surface area contributed by atoms with E-state index in [-0.39, 0.29) is 47.9 Å². The standard InChI is InChI=1S/2C32H45N5O6Si/c2*1-20-30(40)37-15-9-11-26(36-37)31(41)43-21(2)22-13-14-23-18-33-25(17-24(23)16-22)10-8-12-28(38)35-27(29(39)34-20)19-42-44(6,7)32(3,4)5/h2*8,10,13-14,16-18,20-21,26-27,36H,9,11-12,15,19H2,1-7H3,(H,34,39)(H,35,38)/b2*10-8+/t2*20-,21+,26-,27-/m00/s1. The fraction of sp³-hybridized carbons (Fsp3) is 0.531. The van der Waals surface area contributed by atoms with Gasteiger partial charge in [0, 0.05) is 49.1 Å². The van der Waals surface area contributed by atoms with Crippen molar-refractivity contribution in [2.45, 2.75) is 192 Å². The number of hydrogen-bond donors (Lipinski definition) is 6. The number of ether oxygens (including phenoxy) is 2. The number of cyclic esters (lactones) is 2. The molecule has 6 amide bonds. The van der Waals surface area contributed by atoms with Crippen molar-refractivity contribution in [3.05, 3.63) is 95.6 Å². The average molecular weight is 1250 g/mol. The molecule has 476 valence electrons. The Kier molecular flexibility index (Phi) is 22.5. The van der Waals surface area contributed by atoms with Crippen molar-refractivity contribution >= 4 is 97.7 Å². The van der Waals surface area contributed by atoms with Crippen LogP contribution in [0.5, 0.6) is 0 Å². The number of carbonyl (C=O) groups excluding carboxylic acids is 8. The maximum Gasteiger partial charge on any atom is 0.325 e. The molecule has 4 aliphatic rings. The molecular formula is C64H90N10O12Si2. The Labute approximate surface area is 518 Å². The summed E-state index contributed by atoms with van der Waals surface area (Å²) in [7, 11) is -4.50. The highest BCUT2D eigenvalue weighted by molar-refractivity contribution is 6.74. The molecule has 8 atom stereocenters. The molecule has 6 heterocycles. The smallest absolute Gasteiger partial charge is 0.325 e. The summed E-state index contributed by atoms with van der Waals surface area (Å²) in [5.41, 5.74) is 8.95. The maximum atomic E-state index is 13.4. The topological polar surface area (TPSA) is 278 Å². The summed E-state index contributed by atoms with van der Waals surface area (Å²) >= 11 is 0. The van der Waals surface area contributed by atoms with Crippen LogP contribution in [0.2, 0.25) is 36.3 Å². The fourth-order valence-electron chi connectivity index (χ4n) is 9.60. The molecule has 0 unspecified atom stereocenters. The summed E-state index contributed by atoms with van der Waals surface area (Å²) < 4.78 is 24.2. The van der Waals surface area contributed by atoms with Crippen LogP contribution in [-0.2, 0) is 56.7 Å². The van der Waals surface area contributed by atoms with E-state index in [1.165, 1.54) is 10.0 Å². The molecule has 2 fully saturated rings. The Morgan fingerprint density at radius 3 is 1.27 bits per heavy atom. The monoisotopic (exact) mass is 1250 g/mol. The van der Waals surface area contributed by atoms with Gasteiger partial charge >= 0.3 is 11.9 Å². The lowest BCUT2D eigenvalue weighted by Gasteiger charge is -2.37. The Morgan fingerprint density at radius 1 is 0.534 bits per heavy atom. The lowest BCUT2D eigenvalue weighted by molar-refractivity contribution is -0.158. The van der Waals surface area contributed by atoms with Crippen molar-refractivity contribution in [1.29, 1.82) is 0 Å². The van der Waals surface area contributed by atoms with Gasteiger partial charge in [0.2, 0.25) is 23.6 Å². The van der Waals surface area contributed by atoms with Crippen molar-refractivity contribution in [2.24, 2.45) is 0 Å². The predicted molar refractivity (Wildman–Crippen MR) is 341 cm³/mol. The van der Waals surface area contributed by atoms with Crippen LogP contribution in [0.4, 0.5) is 0 Å². The van der Waals surface area contributed by atoms with Gasteiger partial charge in [-0.2, -0.15) is 0 Å². The van der Waals surface area contributed by atoms with E-state index in [1.807, 2.05) is 62.4 Å². The number of amides is 6. The SMILES string of the molecule is C[C@@H]1NC(=O)[C@H](CO[Si](C)(C)C(C)(C)C)NC(=O)C/C=C/c2cc3cc(ccc3cn2)[C@@H](C)OC(=O)[C@@H]2CCCN(N2)C1=O.C[C@@H]1NC(=O)[C@H](CO[Si](C)(C)C(C)(C)C)NC(=O)C/C=C/c2cc3cc(ccc3cn2)[C@@H](C)OC(=O)[C@@H]2CCCN(N2)C1=O. The molecule has 88 heavy (non-hydrogen) atoms. The second-order valence-corrected chi connectivity index (χ2v) is 35.9. The first-order valence-electron chi connectivity index (χ1n) is 30.4. The van der Waals surface area contributed by atoms with Crippen LogP contribution in [-0.4, -0.2) is 147 Å². The first-order valence-corrected chi connectivity index (χ1v) is 36.3. The van der Waals surface area contributed by atoms with E-state index in [0.29, 0.717) is 50.2 Å². The minimum absolute atomic E-state index is 0.0180. The zero-order chi connectivity index (χ0) is 64.5. The summed E-state index contributed by atoms with van der Waals surface area (Å²) in [4.78, 5) is 115. The largest absolute Gasteiger partial charge is 0.457 e. The summed E-state index contributed by atoms with van der Waals surface area (Å²) in [5, 5.41) is 17.3. The van der Waals surface area contributed by atoms with Crippen molar-refractivity contribution in [2.75, 3.05) is 26.3 Å². The van der Waals surface area contributed by atoms with Crippen LogP contribution >= 0.6 is 0 Å². The number of rotatable bonds is 6. The lowest BCUT2D eigenvalue weighted by Crippen LogP contribution is -2.61. The number of hydrogen-bond acceptors (Lipinski definition) is 16. The number of aromatic nitrogens is 2. The highest BCUT2D eigenvalue weighted by Crippen LogP contribution is 2.38. The van der Waals surface area contributed by atoms with E-state index in [9.17, 15) is 38.4 Å². The van der Waals surface area contributed by atoms with Gasteiger partial charge in [-0.25, -0.2) is 10.9 Å². The molecule has 24 heteroatoms. The number of fused-ring (bicyclic) bond motifs is 8. The number of esters is 2. The second kappa shape index (κ2) is 28.9. The first-order chi connectivity index (χ1) is 41.3. The van der Waals surface area contributed by atoms with E-state index in [2.05, 4.69) is 110 Å². The zero-order valence-electron chi connectivity index (χ0n) is 53.5. The summed E-state index contributed by atoms with van der Waals surface area (Å²) in [5.74, 6) is -3.49. The first kappa shape index (κ1) is 68.3. The van der Waals surface area contributed by atoms with Gasteiger partial charge in [-0.3, -0.25) is 58.3 Å². The Morgan fingerprint density at radius 2 is 0.909 bits per heavy atom. The minimum atomic E-state index is -2.25. The van der Waals surface area contributed by atoms with Crippen LogP contribution in [0.3, 0.4) is 0 Å². The van der Waals surface area contributed by atoms with Gasteiger partial charge in [0.05, 0.1) is 24.6 Å². The molecule has 4 aromatic rings. The maximum absolute atomic E-state index is 13.4.